The number of nitrogens with one attached hydrogen (secondary N) is 1. The predicted molar refractivity (Wildman–Crippen MR) is 138 cm³/mol. The predicted octanol–water partition coefficient (Wildman–Crippen LogP) is 5.78. The van der Waals surface area contributed by atoms with Gasteiger partial charge in [0.1, 0.15) is 5.75 Å². The smallest absolute Gasteiger partial charge is 0.416 e. The summed E-state index contributed by atoms with van der Waals surface area (Å²) in [5.41, 5.74) is -2.11. The van der Waals surface area contributed by atoms with Gasteiger partial charge in [-0.2, -0.15) is 26.3 Å². The van der Waals surface area contributed by atoms with Crippen LogP contribution in [0, 0.1) is 11.3 Å². The van der Waals surface area contributed by atoms with Crippen LogP contribution >= 0.6 is 0 Å². The molecule has 0 unspecified atom stereocenters. The highest BCUT2D eigenvalue weighted by atomic mass is 19.4. The van der Waals surface area contributed by atoms with Gasteiger partial charge >= 0.3 is 12.4 Å². The zero-order valence-electron chi connectivity index (χ0n) is 22.5. The van der Waals surface area contributed by atoms with Crippen molar-refractivity contribution in [3.63, 3.8) is 0 Å². The van der Waals surface area contributed by atoms with Crippen molar-refractivity contribution in [3.05, 3.63) is 58.7 Å². The van der Waals surface area contributed by atoms with Crippen LogP contribution in [0.2, 0.25) is 0 Å². The van der Waals surface area contributed by atoms with Gasteiger partial charge in [0.25, 0.3) is 5.91 Å². The molecule has 41 heavy (non-hydrogen) atoms. The second kappa shape index (κ2) is 10.8. The standard InChI is InChI=1S/C29H31F6N3O3/c1-37-23-12-19(4-5-24(23)41-17-25(37)39)16-38-8-6-27(7-9-38,14-18-2-3-18)26(40)36-15-20-10-21(28(30,31)32)13-22(11-20)29(33,34)35/h4-5,10-13,18H,2-3,6-9,14-17H2,1H3,(H,36,40). The van der Waals surface area contributed by atoms with Crippen LogP contribution in [0.4, 0.5) is 32.0 Å². The fraction of sp³-hybridized carbons (Fsp3) is 0.517. The molecule has 1 saturated carbocycles. The topological polar surface area (TPSA) is 61.9 Å². The molecule has 0 spiro atoms. The van der Waals surface area contributed by atoms with E-state index in [9.17, 15) is 35.9 Å². The molecule has 2 amide bonds. The first-order chi connectivity index (χ1) is 19.2. The molecule has 12 heteroatoms. The first-order valence-corrected chi connectivity index (χ1v) is 13.5. The van der Waals surface area contributed by atoms with E-state index in [2.05, 4.69) is 10.2 Å². The van der Waals surface area contributed by atoms with E-state index in [0.29, 0.717) is 68.4 Å². The summed E-state index contributed by atoms with van der Waals surface area (Å²) in [6.45, 7) is 1.37. The van der Waals surface area contributed by atoms with E-state index in [0.717, 1.165) is 18.4 Å². The van der Waals surface area contributed by atoms with Crippen LogP contribution in [0.1, 0.15) is 54.4 Å². The summed E-state index contributed by atoms with van der Waals surface area (Å²) in [5, 5.41) is 2.66. The summed E-state index contributed by atoms with van der Waals surface area (Å²) in [7, 11) is 1.70. The van der Waals surface area contributed by atoms with Gasteiger partial charge < -0.3 is 15.0 Å². The Morgan fingerprint density at radius 2 is 1.61 bits per heavy atom. The van der Waals surface area contributed by atoms with E-state index < -0.39 is 35.4 Å². The third-order valence-corrected chi connectivity index (χ3v) is 8.29. The highest BCUT2D eigenvalue weighted by Crippen LogP contribution is 2.46. The van der Waals surface area contributed by atoms with E-state index in [4.69, 9.17) is 4.74 Å². The third-order valence-electron chi connectivity index (χ3n) is 8.29. The number of alkyl halides is 6. The number of likely N-dealkylation sites (tertiary alicyclic amines) is 1. The number of carbonyl (C=O) groups excluding carboxylic acids is 2. The molecule has 2 aromatic rings. The number of rotatable bonds is 7. The van der Waals surface area contributed by atoms with Gasteiger partial charge in [0.05, 0.1) is 22.2 Å². The van der Waals surface area contributed by atoms with Crippen LogP contribution in [-0.2, 0) is 35.0 Å². The van der Waals surface area contributed by atoms with Gasteiger partial charge in [-0.15, -0.1) is 0 Å². The maximum absolute atomic E-state index is 13.5. The van der Waals surface area contributed by atoms with Gasteiger partial charge in [0.15, 0.2) is 6.61 Å². The van der Waals surface area contributed by atoms with Crippen LogP contribution in [0.15, 0.2) is 36.4 Å². The minimum atomic E-state index is -4.95. The molecule has 0 aromatic heterocycles. The minimum absolute atomic E-state index is 0.00261. The van der Waals surface area contributed by atoms with E-state index in [1.54, 1.807) is 11.9 Å². The van der Waals surface area contributed by atoms with Crippen LogP contribution in [0.3, 0.4) is 0 Å². The molecule has 1 saturated heterocycles. The van der Waals surface area contributed by atoms with Crippen LogP contribution in [0.25, 0.3) is 0 Å². The van der Waals surface area contributed by atoms with Gasteiger partial charge in [0, 0.05) is 20.1 Å². The zero-order valence-corrected chi connectivity index (χ0v) is 22.5. The van der Waals surface area contributed by atoms with Crippen molar-refractivity contribution in [2.45, 2.75) is 57.5 Å². The molecule has 6 nitrogen and oxygen atoms in total. The van der Waals surface area contributed by atoms with Gasteiger partial charge in [-0.05, 0) is 79.7 Å². The number of ether oxygens (including phenoxy) is 1. The van der Waals surface area contributed by atoms with Gasteiger partial charge in [0.2, 0.25) is 5.91 Å². The maximum atomic E-state index is 13.5. The summed E-state index contributed by atoms with van der Waals surface area (Å²) in [6, 6.07) is 7.07. The fourth-order valence-electron chi connectivity index (χ4n) is 5.70. The molecular formula is C29H31F6N3O3. The molecule has 1 N–H and O–H groups in total. The SMILES string of the molecule is CN1C(=O)COc2ccc(CN3CCC(CC4CC4)(C(=O)NCc4cc(C(F)(F)F)cc(C(F)(F)F)c4)CC3)cc21. The quantitative estimate of drug-likeness (QED) is 0.420. The average Bonchev–Trinajstić information content (AvgIpc) is 3.73. The summed E-state index contributed by atoms with van der Waals surface area (Å²) < 4.78 is 85.1. The van der Waals surface area contributed by atoms with Crippen molar-refractivity contribution in [1.82, 2.24) is 10.2 Å². The number of fused-ring (bicyclic) bond motifs is 1. The van der Waals surface area contributed by atoms with E-state index >= 15 is 0 Å². The Kier molecular flexibility index (Phi) is 7.73. The number of halogens is 6. The Morgan fingerprint density at radius 1 is 0.976 bits per heavy atom. The number of carbonyl (C=O) groups is 2. The highest BCUT2D eigenvalue weighted by Gasteiger charge is 2.45. The number of benzene rings is 2. The summed E-state index contributed by atoms with van der Waals surface area (Å²) >= 11 is 0. The molecule has 0 bridgehead atoms. The van der Waals surface area contributed by atoms with E-state index in [1.165, 1.54) is 0 Å². The number of likely N-dealkylation sites (N-methyl/N-ethyl adjacent to an activating group) is 1. The average molecular weight is 584 g/mol. The van der Waals surface area contributed by atoms with Crippen LogP contribution < -0.4 is 15.0 Å². The molecule has 222 valence electrons. The van der Waals surface area contributed by atoms with E-state index in [1.807, 2.05) is 18.2 Å². The molecule has 2 heterocycles. The molecular weight excluding hydrogens is 552 g/mol. The normalized spacial score (nSPS) is 19.5. The highest BCUT2D eigenvalue weighted by molar-refractivity contribution is 5.97. The first-order valence-electron chi connectivity index (χ1n) is 13.5. The lowest BCUT2D eigenvalue weighted by molar-refractivity contribution is -0.143. The molecule has 2 aromatic carbocycles. The van der Waals surface area contributed by atoms with Crippen molar-refractivity contribution in [1.29, 1.82) is 0 Å². The molecule has 1 aliphatic carbocycles. The number of nitrogens with zero attached hydrogens (tertiary/aromatic N) is 2. The Bertz CT molecular complexity index is 1280. The Morgan fingerprint density at radius 3 is 2.20 bits per heavy atom. The van der Waals surface area contributed by atoms with Crippen LogP contribution in [0.5, 0.6) is 5.75 Å². The number of hydrogen-bond acceptors (Lipinski definition) is 4. The van der Waals surface area contributed by atoms with Crippen molar-refractivity contribution in [2.24, 2.45) is 11.3 Å². The van der Waals surface area contributed by atoms with Gasteiger partial charge in [-0.3, -0.25) is 14.5 Å². The Hall–Kier alpha value is -3.28. The molecule has 3 aliphatic rings. The number of anilines is 1. The second-order valence-electron chi connectivity index (χ2n) is 11.3. The number of piperidine rings is 1. The Labute approximate surface area is 233 Å². The molecule has 2 fully saturated rings. The lowest BCUT2D eigenvalue weighted by Gasteiger charge is -2.41. The van der Waals surface area contributed by atoms with Gasteiger partial charge in [-0.25, -0.2) is 0 Å². The number of hydrogen-bond donors (Lipinski definition) is 1. The number of amides is 2. The summed E-state index contributed by atoms with van der Waals surface area (Å²) in [6.07, 6.45) is -6.19. The maximum Gasteiger partial charge on any atom is 0.416 e. The summed E-state index contributed by atoms with van der Waals surface area (Å²) in [4.78, 5) is 29.3. The lowest BCUT2D eigenvalue weighted by Crippen LogP contribution is -2.48. The second-order valence-corrected chi connectivity index (χ2v) is 11.3. The van der Waals surface area contributed by atoms with Crippen molar-refractivity contribution in [2.75, 3.05) is 31.6 Å². The van der Waals surface area contributed by atoms with E-state index in [-0.39, 0.29) is 30.1 Å². The minimum Gasteiger partial charge on any atom is -0.482 e. The van der Waals surface area contributed by atoms with Crippen molar-refractivity contribution >= 4 is 17.5 Å². The zero-order chi connectivity index (χ0) is 29.6. The summed E-state index contributed by atoms with van der Waals surface area (Å²) in [5.74, 6) is 0.563. The molecule has 0 radical (unpaired) electrons. The third kappa shape index (κ3) is 6.63. The van der Waals surface area contributed by atoms with Crippen molar-refractivity contribution in [3.8, 4) is 5.75 Å². The molecule has 2 aliphatic heterocycles. The molecule has 5 rings (SSSR count). The Balaban J connectivity index is 1.26. The van der Waals surface area contributed by atoms with Crippen LogP contribution in [-0.4, -0.2) is 43.5 Å². The van der Waals surface area contributed by atoms with Crippen molar-refractivity contribution < 1.29 is 40.7 Å². The monoisotopic (exact) mass is 583 g/mol. The fourth-order valence-corrected chi connectivity index (χ4v) is 5.70. The largest absolute Gasteiger partial charge is 0.482 e. The lowest BCUT2D eigenvalue weighted by atomic mass is 9.73. The van der Waals surface area contributed by atoms with Gasteiger partial charge in [-0.1, -0.05) is 18.9 Å². The first kappa shape index (κ1) is 29.2. The molecule has 0 atom stereocenters.